The first-order valence-electron chi connectivity index (χ1n) is 7.49. The Morgan fingerprint density at radius 3 is 2.48 bits per heavy atom. The van der Waals surface area contributed by atoms with Crippen molar-refractivity contribution in [3.8, 4) is 0 Å². The van der Waals surface area contributed by atoms with E-state index in [1.807, 2.05) is 18.2 Å². The molecule has 5 heteroatoms. The summed E-state index contributed by atoms with van der Waals surface area (Å²) in [6.45, 7) is 1.92. The van der Waals surface area contributed by atoms with Gasteiger partial charge in [-0.05, 0) is 6.07 Å². The molecule has 1 aliphatic heterocycles. The van der Waals surface area contributed by atoms with Gasteiger partial charge in [-0.2, -0.15) is 0 Å². The van der Waals surface area contributed by atoms with Gasteiger partial charge in [0.1, 0.15) is 0 Å². The first-order chi connectivity index (χ1) is 11.0. The zero-order chi connectivity index (χ0) is 16.4. The van der Waals surface area contributed by atoms with Gasteiger partial charge in [0.2, 0.25) is 5.91 Å². The van der Waals surface area contributed by atoms with Crippen LogP contribution in [0.4, 0.5) is 0 Å². The van der Waals surface area contributed by atoms with E-state index in [0.717, 1.165) is 0 Å². The molecule has 0 aromatic heterocycles. The number of hydrogen-bond donors (Lipinski definition) is 2. The standard InChI is InChI=1S/C18H18N2O3/c1-13(21)19-11-12-20-17(22)15-9-5-6-10-16(15)18(20,23)14-7-3-2-4-8-14/h2-10,23H,11-12H2,1H3,(H,19,21). The Kier molecular flexibility index (Phi) is 3.88. The summed E-state index contributed by atoms with van der Waals surface area (Å²) in [6.07, 6.45) is 0. The van der Waals surface area contributed by atoms with Crippen LogP contribution in [0.5, 0.6) is 0 Å². The molecule has 23 heavy (non-hydrogen) atoms. The number of aliphatic hydroxyl groups is 1. The highest BCUT2D eigenvalue weighted by Gasteiger charge is 2.49. The van der Waals surface area contributed by atoms with E-state index in [1.165, 1.54) is 11.8 Å². The minimum atomic E-state index is -1.52. The lowest BCUT2D eigenvalue weighted by Gasteiger charge is -2.34. The van der Waals surface area contributed by atoms with E-state index in [9.17, 15) is 14.7 Å². The maximum atomic E-state index is 12.7. The van der Waals surface area contributed by atoms with Gasteiger partial charge in [0.15, 0.2) is 5.72 Å². The van der Waals surface area contributed by atoms with Crippen LogP contribution in [0.15, 0.2) is 54.6 Å². The highest BCUT2D eigenvalue weighted by atomic mass is 16.3. The second-order valence-electron chi connectivity index (χ2n) is 5.52. The molecule has 2 N–H and O–H groups in total. The third-order valence-corrected chi connectivity index (χ3v) is 4.05. The zero-order valence-electron chi connectivity index (χ0n) is 12.8. The third kappa shape index (κ3) is 2.49. The fourth-order valence-electron chi connectivity index (χ4n) is 3.00. The number of carbonyl (C=O) groups is 2. The zero-order valence-corrected chi connectivity index (χ0v) is 12.8. The molecule has 0 fully saturated rings. The largest absolute Gasteiger partial charge is 0.363 e. The van der Waals surface area contributed by atoms with Gasteiger partial charge >= 0.3 is 0 Å². The van der Waals surface area contributed by atoms with Gasteiger partial charge in [-0.3, -0.25) is 9.59 Å². The Morgan fingerprint density at radius 1 is 1.13 bits per heavy atom. The van der Waals surface area contributed by atoms with Crippen LogP contribution in [0.3, 0.4) is 0 Å². The molecule has 0 radical (unpaired) electrons. The van der Waals surface area contributed by atoms with Crippen molar-refractivity contribution in [1.29, 1.82) is 0 Å². The molecule has 2 aromatic rings. The van der Waals surface area contributed by atoms with Crippen molar-refractivity contribution in [3.05, 3.63) is 71.3 Å². The number of rotatable bonds is 4. The van der Waals surface area contributed by atoms with Crippen LogP contribution >= 0.6 is 0 Å². The number of nitrogens with zero attached hydrogens (tertiary/aromatic N) is 1. The van der Waals surface area contributed by atoms with E-state index >= 15 is 0 Å². The molecule has 3 rings (SSSR count). The second kappa shape index (κ2) is 5.85. The van der Waals surface area contributed by atoms with Gasteiger partial charge in [0.25, 0.3) is 5.91 Å². The molecule has 0 saturated carbocycles. The Labute approximate surface area is 134 Å². The summed E-state index contributed by atoms with van der Waals surface area (Å²) in [4.78, 5) is 25.2. The third-order valence-electron chi connectivity index (χ3n) is 4.05. The summed E-state index contributed by atoms with van der Waals surface area (Å²) in [5, 5.41) is 14.1. The van der Waals surface area contributed by atoms with Crippen LogP contribution in [-0.2, 0) is 10.5 Å². The molecule has 2 aromatic carbocycles. The van der Waals surface area contributed by atoms with E-state index in [0.29, 0.717) is 16.7 Å². The number of fused-ring (bicyclic) bond motifs is 1. The summed E-state index contributed by atoms with van der Waals surface area (Å²) in [5.74, 6) is -0.408. The van der Waals surface area contributed by atoms with Gasteiger partial charge in [0, 0.05) is 36.7 Å². The lowest BCUT2D eigenvalue weighted by atomic mass is 9.94. The summed E-state index contributed by atoms with van der Waals surface area (Å²) < 4.78 is 0. The van der Waals surface area contributed by atoms with E-state index in [2.05, 4.69) is 5.32 Å². The van der Waals surface area contributed by atoms with Crippen LogP contribution in [0.1, 0.15) is 28.4 Å². The van der Waals surface area contributed by atoms with E-state index in [1.54, 1.807) is 36.4 Å². The Morgan fingerprint density at radius 2 is 1.78 bits per heavy atom. The number of benzene rings is 2. The fraction of sp³-hybridized carbons (Fsp3) is 0.222. The topological polar surface area (TPSA) is 69.6 Å². The molecule has 1 aliphatic rings. The predicted molar refractivity (Wildman–Crippen MR) is 85.6 cm³/mol. The maximum Gasteiger partial charge on any atom is 0.257 e. The maximum absolute atomic E-state index is 12.7. The Hall–Kier alpha value is -2.66. The van der Waals surface area contributed by atoms with Gasteiger partial charge in [-0.15, -0.1) is 0 Å². The van der Waals surface area contributed by atoms with Crippen molar-refractivity contribution in [2.45, 2.75) is 12.6 Å². The molecule has 0 aliphatic carbocycles. The number of hydrogen-bond acceptors (Lipinski definition) is 3. The molecule has 1 heterocycles. The predicted octanol–water partition coefficient (Wildman–Crippen LogP) is 1.47. The molecular weight excluding hydrogens is 292 g/mol. The van der Waals surface area contributed by atoms with Crippen molar-refractivity contribution >= 4 is 11.8 Å². The van der Waals surface area contributed by atoms with Crippen LogP contribution in [-0.4, -0.2) is 34.9 Å². The summed E-state index contributed by atoms with van der Waals surface area (Å²) in [6, 6.07) is 16.1. The Bertz CT molecular complexity index is 745. The average molecular weight is 310 g/mol. The fourth-order valence-corrected chi connectivity index (χ4v) is 3.00. The van der Waals surface area contributed by atoms with Crippen LogP contribution < -0.4 is 5.32 Å². The normalized spacial score (nSPS) is 19.6. The van der Waals surface area contributed by atoms with Crippen LogP contribution in [0.2, 0.25) is 0 Å². The highest BCUT2D eigenvalue weighted by Crippen LogP contribution is 2.41. The van der Waals surface area contributed by atoms with Crippen molar-refractivity contribution in [2.75, 3.05) is 13.1 Å². The van der Waals surface area contributed by atoms with Gasteiger partial charge in [-0.25, -0.2) is 0 Å². The van der Waals surface area contributed by atoms with Crippen LogP contribution in [0, 0.1) is 0 Å². The quantitative estimate of drug-likeness (QED) is 0.898. The molecule has 1 unspecified atom stereocenters. The molecule has 2 amide bonds. The summed E-state index contributed by atoms with van der Waals surface area (Å²) in [7, 11) is 0. The van der Waals surface area contributed by atoms with E-state index in [-0.39, 0.29) is 24.9 Å². The van der Waals surface area contributed by atoms with Gasteiger partial charge < -0.3 is 15.3 Å². The highest BCUT2D eigenvalue weighted by molar-refractivity contribution is 6.00. The van der Waals surface area contributed by atoms with Crippen molar-refractivity contribution in [2.24, 2.45) is 0 Å². The Balaban J connectivity index is 2.04. The average Bonchev–Trinajstić information content (AvgIpc) is 2.79. The molecule has 0 bridgehead atoms. The summed E-state index contributed by atoms with van der Waals surface area (Å²) in [5.41, 5.74) is 0.162. The van der Waals surface area contributed by atoms with Crippen molar-refractivity contribution in [1.82, 2.24) is 10.2 Å². The first-order valence-corrected chi connectivity index (χ1v) is 7.49. The van der Waals surface area contributed by atoms with Crippen molar-refractivity contribution in [3.63, 3.8) is 0 Å². The molecule has 118 valence electrons. The monoisotopic (exact) mass is 310 g/mol. The van der Waals surface area contributed by atoms with E-state index < -0.39 is 5.72 Å². The lowest BCUT2D eigenvalue weighted by Crippen LogP contribution is -2.47. The number of amides is 2. The van der Waals surface area contributed by atoms with Crippen molar-refractivity contribution < 1.29 is 14.7 Å². The van der Waals surface area contributed by atoms with Crippen LogP contribution in [0.25, 0.3) is 0 Å². The first kappa shape index (κ1) is 15.2. The van der Waals surface area contributed by atoms with Gasteiger partial charge in [0.05, 0.1) is 0 Å². The number of carbonyl (C=O) groups excluding carboxylic acids is 2. The molecule has 5 nitrogen and oxygen atoms in total. The van der Waals surface area contributed by atoms with Gasteiger partial charge in [-0.1, -0.05) is 48.5 Å². The molecule has 0 saturated heterocycles. The number of nitrogens with one attached hydrogen (secondary N) is 1. The minimum Gasteiger partial charge on any atom is -0.363 e. The SMILES string of the molecule is CC(=O)NCCN1C(=O)c2ccccc2C1(O)c1ccccc1. The molecule has 1 atom stereocenters. The molecular formula is C18H18N2O3. The van der Waals surface area contributed by atoms with E-state index in [4.69, 9.17) is 0 Å². The summed E-state index contributed by atoms with van der Waals surface area (Å²) >= 11 is 0. The smallest absolute Gasteiger partial charge is 0.257 e. The minimum absolute atomic E-state index is 0.169. The molecule has 0 spiro atoms. The lowest BCUT2D eigenvalue weighted by molar-refractivity contribution is -0.119. The second-order valence-corrected chi connectivity index (χ2v) is 5.52.